The normalized spacial score (nSPS) is 12.1. The highest BCUT2D eigenvalue weighted by Gasteiger charge is 2.18. The average molecular weight is 260 g/mol. The third kappa shape index (κ3) is 3.42. The van der Waals surface area contributed by atoms with Gasteiger partial charge in [0.1, 0.15) is 18.0 Å². The van der Waals surface area contributed by atoms with E-state index in [0.717, 1.165) is 11.3 Å². The molecule has 0 fully saturated rings. The number of ether oxygens (including phenoxy) is 1. The van der Waals surface area contributed by atoms with Crippen molar-refractivity contribution in [3.8, 4) is 11.3 Å². The molecule has 1 atom stereocenters. The van der Waals surface area contributed by atoms with E-state index in [2.05, 4.69) is 4.98 Å². The van der Waals surface area contributed by atoms with E-state index in [1.54, 1.807) is 13.2 Å². The number of carbonyl (C=O) groups is 1. The molecule has 0 saturated carbocycles. The van der Waals surface area contributed by atoms with E-state index >= 15 is 0 Å². The predicted molar refractivity (Wildman–Crippen MR) is 70.3 cm³/mol. The highest BCUT2D eigenvalue weighted by molar-refractivity contribution is 5.75. The molecule has 0 radical (unpaired) electrons. The lowest BCUT2D eigenvalue weighted by molar-refractivity contribution is -0.144. The van der Waals surface area contributed by atoms with Gasteiger partial charge in [-0.25, -0.2) is 4.98 Å². The second-order valence-electron chi connectivity index (χ2n) is 4.06. The molecule has 0 spiro atoms. The van der Waals surface area contributed by atoms with Crippen molar-refractivity contribution in [3.63, 3.8) is 0 Å². The number of nitrogens with zero attached hydrogens (tertiary/aromatic N) is 1. The van der Waals surface area contributed by atoms with Gasteiger partial charge in [0.15, 0.2) is 5.89 Å². The quantitative estimate of drug-likeness (QED) is 0.829. The van der Waals surface area contributed by atoms with Crippen molar-refractivity contribution in [2.24, 2.45) is 5.73 Å². The molecule has 0 saturated heterocycles. The minimum atomic E-state index is -0.748. The van der Waals surface area contributed by atoms with E-state index in [0.29, 0.717) is 12.5 Å². The van der Waals surface area contributed by atoms with Crippen LogP contribution in [0.2, 0.25) is 0 Å². The largest absolute Gasteiger partial charge is 0.465 e. The molecule has 1 aromatic heterocycles. The van der Waals surface area contributed by atoms with Crippen LogP contribution in [0.15, 0.2) is 41.0 Å². The Hall–Kier alpha value is -2.14. The third-order valence-corrected chi connectivity index (χ3v) is 2.61. The van der Waals surface area contributed by atoms with Crippen LogP contribution in [0.25, 0.3) is 11.3 Å². The fourth-order valence-electron chi connectivity index (χ4n) is 1.67. The van der Waals surface area contributed by atoms with Crippen molar-refractivity contribution < 1.29 is 13.9 Å². The molecule has 5 nitrogen and oxygen atoms in total. The number of aromatic nitrogens is 1. The fraction of sp³-hybridized carbons (Fsp3) is 0.286. The molecular formula is C14H16N2O3. The first-order valence-electron chi connectivity index (χ1n) is 6.12. The standard InChI is InChI=1S/C14H16N2O3/c1-2-18-14(17)11(15)8-13-16-12(9-19-13)10-6-4-3-5-7-10/h3-7,9,11H,2,8,15H2,1H3/t11-/m0/s1. The maximum atomic E-state index is 11.4. The van der Waals surface area contributed by atoms with E-state index in [1.165, 1.54) is 0 Å². The third-order valence-electron chi connectivity index (χ3n) is 2.61. The van der Waals surface area contributed by atoms with Crippen LogP contribution in [0.1, 0.15) is 12.8 Å². The Morgan fingerprint density at radius 3 is 2.84 bits per heavy atom. The lowest BCUT2D eigenvalue weighted by Gasteiger charge is -2.07. The summed E-state index contributed by atoms with van der Waals surface area (Å²) in [4.78, 5) is 15.7. The molecular weight excluding hydrogens is 244 g/mol. The van der Waals surface area contributed by atoms with Crippen molar-refractivity contribution in [1.29, 1.82) is 0 Å². The monoisotopic (exact) mass is 260 g/mol. The summed E-state index contributed by atoms with van der Waals surface area (Å²) in [6.45, 7) is 2.05. The van der Waals surface area contributed by atoms with Crippen LogP contribution in [0.4, 0.5) is 0 Å². The second kappa shape index (κ2) is 6.15. The first kappa shape index (κ1) is 13.3. The van der Waals surface area contributed by atoms with Gasteiger partial charge in [0.25, 0.3) is 0 Å². The Bertz CT molecular complexity index is 537. The van der Waals surface area contributed by atoms with Crippen LogP contribution in [-0.4, -0.2) is 23.6 Å². The summed E-state index contributed by atoms with van der Waals surface area (Å²) in [5, 5.41) is 0. The minimum absolute atomic E-state index is 0.228. The summed E-state index contributed by atoms with van der Waals surface area (Å²) < 4.78 is 10.2. The molecule has 1 heterocycles. The highest BCUT2D eigenvalue weighted by Crippen LogP contribution is 2.18. The summed E-state index contributed by atoms with van der Waals surface area (Å²) >= 11 is 0. The first-order chi connectivity index (χ1) is 9.20. The topological polar surface area (TPSA) is 78.4 Å². The highest BCUT2D eigenvalue weighted by atomic mass is 16.5. The number of esters is 1. The average Bonchev–Trinajstić information content (AvgIpc) is 2.88. The maximum Gasteiger partial charge on any atom is 0.323 e. The number of oxazole rings is 1. The van der Waals surface area contributed by atoms with Gasteiger partial charge in [0.05, 0.1) is 13.0 Å². The van der Waals surface area contributed by atoms with Crippen molar-refractivity contribution in [3.05, 3.63) is 42.5 Å². The summed E-state index contributed by atoms with van der Waals surface area (Å²) in [6.07, 6.45) is 1.79. The van der Waals surface area contributed by atoms with Crippen LogP contribution in [0.3, 0.4) is 0 Å². The smallest absolute Gasteiger partial charge is 0.323 e. The van der Waals surface area contributed by atoms with Gasteiger partial charge in [0.2, 0.25) is 0 Å². The molecule has 2 aromatic rings. The Morgan fingerprint density at radius 2 is 2.16 bits per heavy atom. The molecule has 19 heavy (non-hydrogen) atoms. The van der Waals surface area contributed by atoms with E-state index in [1.807, 2.05) is 30.3 Å². The molecule has 0 bridgehead atoms. The van der Waals surface area contributed by atoms with Gasteiger partial charge in [-0.15, -0.1) is 0 Å². The van der Waals surface area contributed by atoms with E-state index in [4.69, 9.17) is 14.9 Å². The lowest BCUT2D eigenvalue weighted by atomic mass is 10.2. The summed E-state index contributed by atoms with van der Waals surface area (Å²) in [6, 6.07) is 8.91. The molecule has 2 N–H and O–H groups in total. The zero-order valence-electron chi connectivity index (χ0n) is 10.7. The Labute approximate surface area is 111 Å². The number of rotatable bonds is 5. The van der Waals surface area contributed by atoms with Crippen molar-refractivity contribution in [1.82, 2.24) is 4.98 Å². The van der Waals surface area contributed by atoms with Gasteiger partial charge in [0, 0.05) is 5.56 Å². The Kier molecular flexibility index (Phi) is 4.30. The van der Waals surface area contributed by atoms with E-state index in [-0.39, 0.29) is 6.42 Å². The summed E-state index contributed by atoms with van der Waals surface area (Å²) in [7, 11) is 0. The summed E-state index contributed by atoms with van der Waals surface area (Å²) in [5.74, 6) is -0.0126. The number of benzene rings is 1. The van der Waals surface area contributed by atoms with Crippen LogP contribution in [0, 0.1) is 0 Å². The SMILES string of the molecule is CCOC(=O)[C@@H](N)Cc1nc(-c2ccccc2)co1. The maximum absolute atomic E-state index is 11.4. The Balaban J connectivity index is 2.04. The predicted octanol–water partition coefficient (Wildman–Crippen LogP) is 1.77. The van der Waals surface area contributed by atoms with Crippen LogP contribution in [0.5, 0.6) is 0 Å². The molecule has 0 unspecified atom stereocenters. The van der Waals surface area contributed by atoms with Gasteiger partial charge in [-0.1, -0.05) is 30.3 Å². The van der Waals surface area contributed by atoms with Gasteiger partial charge in [-0.05, 0) is 6.92 Å². The number of carbonyl (C=O) groups excluding carboxylic acids is 1. The first-order valence-corrected chi connectivity index (χ1v) is 6.12. The van der Waals surface area contributed by atoms with Crippen molar-refractivity contribution >= 4 is 5.97 Å². The van der Waals surface area contributed by atoms with Gasteiger partial charge < -0.3 is 14.9 Å². The van der Waals surface area contributed by atoms with Crippen molar-refractivity contribution in [2.45, 2.75) is 19.4 Å². The number of hydrogen-bond donors (Lipinski definition) is 1. The second-order valence-corrected chi connectivity index (χ2v) is 4.06. The molecule has 0 amide bonds. The number of hydrogen-bond acceptors (Lipinski definition) is 5. The van der Waals surface area contributed by atoms with Gasteiger partial charge in [-0.2, -0.15) is 0 Å². The minimum Gasteiger partial charge on any atom is -0.465 e. The molecule has 1 aromatic carbocycles. The van der Waals surface area contributed by atoms with E-state index < -0.39 is 12.0 Å². The van der Waals surface area contributed by atoms with E-state index in [9.17, 15) is 4.79 Å². The molecule has 0 aliphatic heterocycles. The molecule has 0 aliphatic rings. The molecule has 5 heteroatoms. The zero-order valence-corrected chi connectivity index (χ0v) is 10.7. The van der Waals surface area contributed by atoms with Crippen molar-refractivity contribution in [2.75, 3.05) is 6.61 Å². The fourth-order valence-corrected chi connectivity index (χ4v) is 1.67. The Morgan fingerprint density at radius 1 is 1.42 bits per heavy atom. The van der Waals surface area contributed by atoms with Crippen LogP contribution in [-0.2, 0) is 16.0 Å². The lowest BCUT2D eigenvalue weighted by Crippen LogP contribution is -2.34. The zero-order chi connectivity index (χ0) is 13.7. The van der Waals surface area contributed by atoms with Crippen LogP contribution < -0.4 is 5.73 Å². The number of nitrogens with two attached hydrogens (primary N) is 1. The molecule has 2 rings (SSSR count). The van der Waals surface area contributed by atoms with Gasteiger partial charge >= 0.3 is 5.97 Å². The van der Waals surface area contributed by atoms with Gasteiger partial charge in [-0.3, -0.25) is 4.79 Å². The molecule has 100 valence electrons. The van der Waals surface area contributed by atoms with Crippen LogP contribution >= 0.6 is 0 Å². The molecule has 0 aliphatic carbocycles. The summed E-state index contributed by atoms with van der Waals surface area (Å²) in [5.41, 5.74) is 7.40.